The fourth-order valence-electron chi connectivity index (χ4n) is 3.29. The average Bonchev–Trinajstić information content (AvgIpc) is 2.67. The highest BCUT2D eigenvalue weighted by Crippen LogP contribution is 2.23. The van der Waals surface area contributed by atoms with Gasteiger partial charge in [0.2, 0.25) is 0 Å². The van der Waals surface area contributed by atoms with Gasteiger partial charge in [-0.2, -0.15) is 0 Å². The van der Waals surface area contributed by atoms with E-state index in [0.29, 0.717) is 13.1 Å². The molecule has 0 saturated carbocycles. The van der Waals surface area contributed by atoms with Gasteiger partial charge in [0.05, 0.1) is 18.8 Å². The van der Waals surface area contributed by atoms with E-state index in [1.54, 1.807) is 0 Å². The zero-order chi connectivity index (χ0) is 15.7. The lowest BCUT2D eigenvalue weighted by Gasteiger charge is -2.41. The highest BCUT2D eigenvalue weighted by molar-refractivity contribution is 5.73. The van der Waals surface area contributed by atoms with E-state index in [9.17, 15) is 9.90 Å². The first kappa shape index (κ1) is 15.4. The maximum absolute atomic E-state index is 11.5. The molecule has 1 aromatic heterocycles. The van der Waals surface area contributed by atoms with E-state index >= 15 is 0 Å². The molecule has 0 aromatic carbocycles. The fourth-order valence-corrected chi connectivity index (χ4v) is 3.29. The number of rotatable bonds is 3. The van der Waals surface area contributed by atoms with Gasteiger partial charge in [-0.05, 0) is 26.7 Å². The van der Waals surface area contributed by atoms with Crippen LogP contribution in [0.15, 0.2) is 0 Å². The van der Waals surface area contributed by atoms with Crippen molar-refractivity contribution in [2.45, 2.75) is 64.3 Å². The molecule has 3 rings (SSSR count). The van der Waals surface area contributed by atoms with Crippen LogP contribution in [-0.2, 0) is 29.0 Å². The van der Waals surface area contributed by atoms with Crippen molar-refractivity contribution in [3.8, 4) is 0 Å². The van der Waals surface area contributed by atoms with Crippen LogP contribution in [0.25, 0.3) is 0 Å². The van der Waals surface area contributed by atoms with E-state index in [1.807, 2.05) is 18.7 Å². The second kappa shape index (κ2) is 5.96. The molecule has 1 N–H and O–H groups in total. The molecule has 0 spiro atoms. The first-order chi connectivity index (χ1) is 10.5. The van der Waals surface area contributed by atoms with Crippen molar-refractivity contribution in [1.29, 1.82) is 0 Å². The minimum Gasteiger partial charge on any atom is -0.480 e. The van der Waals surface area contributed by atoms with Crippen LogP contribution in [0.4, 0.5) is 0 Å². The zero-order valence-corrected chi connectivity index (χ0v) is 13.3. The Kier molecular flexibility index (Phi) is 4.18. The predicted molar refractivity (Wildman–Crippen MR) is 79.4 cm³/mol. The maximum atomic E-state index is 11.5. The lowest BCUT2D eigenvalue weighted by Crippen LogP contribution is -2.56. The first-order valence-corrected chi connectivity index (χ1v) is 7.98. The minimum atomic E-state index is -0.842. The zero-order valence-electron chi connectivity index (χ0n) is 13.3. The van der Waals surface area contributed by atoms with E-state index in [1.165, 1.54) is 6.42 Å². The van der Waals surface area contributed by atoms with Gasteiger partial charge < -0.3 is 14.4 Å². The fraction of sp³-hybridized carbons (Fsp3) is 0.800. The Morgan fingerprint density at radius 2 is 2.18 bits per heavy atom. The SMILES string of the molecule is CC1(C)CN(Cc2nnc3n2CCCCC3)C(C(=O)O)CO1. The van der Waals surface area contributed by atoms with E-state index in [-0.39, 0.29) is 12.2 Å². The highest BCUT2D eigenvalue weighted by atomic mass is 16.5. The molecule has 0 radical (unpaired) electrons. The lowest BCUT2D eigenvalue weighted by atomic mass is 10.0. The number of aromatic nitrogens is 3. The van der Waals surface area contributed by atoms with Gasteiger partial charge >= 0.3 is 5.97 Å². The van der Waals surface area contributed by atoms with Crippen LogP contribution in [0, 0.1) is 0 Å². The largest absolute Gasteiger partial charge is 0.480 e. The van der Waals surface area contributed by atoms with Crippen LogP contribution in [0.2, 0.25) is 0 Å². The number of hydrogen-bond acceptors (Lipinski definition) is 5. The van der Waals surface area contributed by atoms with Crippen molar-refractivity contribution < 1.29 is 14.6 Å². The Balaban J connectivity index is 1.80. The van der Waals surface area contributed by atoms with Crippen molar-refractivity contribution in [3.63, 3.8) is 0 Å². The summed E-state index contributed by atoms with van der Waals surface area (Å²) in [5.41, 5.74) is -0.340. The molecule has 1 atom stereocenters. The van der Waals surface area contributed by atoms with Crippen molar-refractivity contribution in [2.24, 2.45) is 0 Å². The summed E-state index contributed by atoms with van der Waals surface area (Å²) in [4.78, 5) is 13.4. The highest BCUT2D eigenvalue weighted by Gasteiger charge is 2.38. The minimum absolute atomic E-state index is 0.212. The van der Waals surface area contributed by atoms with Gasteiger partial charge in [-0.15, -0.1) is 10.2 Å². The molecule has 2 aliphatic heterocycles. The second-order valence-corrected chi connectivity index (χ2v) is 6.82. The number of carbonyl (C=O) groups is 1. The quantitative estimate of drug-likeness (QED) is 0.899. The maximum Gasteiger partial charge on any atom is 0.323 e. The van der Waals surface area contributed by atoms with Gasteiger partial charge in [0.1, 0.15) is 17.7 Å². The third-order valence-corrected chi connectivity index (χ3v) is 4.47. The molecular weight excluding hydrogens is 284 g/mol. The molecule has 0 amide bonds. The monoisotopic (exact) mass is 308 g/mol. The Morgan fingerprint density at radius 3 is 2.95 bits per heavy atom. The van der Waals surface area contributed by atoms with E-state index in [0.717, 1.165) is 37.5 Å². The number of nitrogens with zero attached hydrogens (tertiary/aromatic N) is 4. The molecule has 0 bridgehead atoms. The Morgan fingerprint density at radius 1 is 1.36 bits per heavy atom. The summed E-state index contributed by atoms with van der Waals surface area (Å²) in [6, 6.07) is -0.619. The van der Waals surface area contributed by atoms with Gasteiger partial charge in [0.25, 0.3) is 0 Å². The van der Waals surface area contributed by atoms with Crippen molar-refractivity contribution in [3.05, 3.63) is 11.6 Å². The van der Waals surface area contributed by atoms with Crippen LogP contribution in [-0.4, -0.2) is 55.5 Å². The molecule has 122 valence electrons. The molecule has 2 aliphatic rings. The molecule has 22 heavy (non-hydrogen) atoms. The summed E-state index contributed by atoms with van der Waals surface area (Å²) in [6.07, 6.45) is 4.46. The Bertz CT molecular complexity index is 555. The van der Waals surface area contributed by atoms with Gasteiger partial charge in [0.15, 0.2) is 0 Å². The Labute approximate surface area is 130 Å². The number of ether oxygens (including phenoxy) is 1. The predicted octanol–water partition coefficient (Wildman–Crippen LogP) is 1.07. The van der Waals surface area contributed by atoms with Crippen LogP contribution >= 0.6 is 0 Å². The summed E-state index contributed by atoms with van der Waals surface area (Å²) in [5, 5.41) is 18.0. The number of morpholine rings is 1. The van der Waals surface area contributed by atoms with Gasteiger partial charge in [-0.3, -0.25) is 9.69 Å². The summed E-state index contributed by atoms with van der Waals surface area (Å²) in [7, 11) is 0. The molecule has 7 heteroatoms. The van der Waals surface area contributed by atoms with E-state index in [2.05, 4.69) is 14.8 Å². The van der Waals surface area contributed by atoms with Crippen LogP contribution in [0.5, 0.6) is 0 Å². The number of carboxylic acids is 1. The normalized spacial score (nSPS) is 25.5. The van der Waals surface area contributed by atoms with Gasteiger partial charge in [-0.1, -0.05) is 6.42 Å². The van der Waals surface area contributed by atoms with Crippen LogP contribution in [0.1, 0.15) is 44.8 Å². The first-order valence-electron chi connectivity index (χ1n) is 7.98. The summed E-state index contributed by atoms with van der Waals surface area (Å²) < 4.78 is 7.83. The summed E-state index contributed by atoms with van der Waals surface area (Å²) >= 11 is 0. The van der Waals surface area contributed by atoms with Crippen molar-refractivity contribution >= 4 is 5.97 Å². The van der Waals surface area contributed by atoms with E-state index in [4.69, 9.17) is 4.74 Å². The van der Waals surface area contributed by atoms with Gasteiger partial charge in [0, 0.05) is 19.5 Å². The van der Waals surface area contributed by atoms with Crippen molar-refractivity contribution in [2.75, 3.05) is 13.2 Å². The standard InChI is InChI=1S/C15H24N4O3/c1-15(2)10-18(11(9-22-15)14(20)21)8-13-17-16-12-6-4-3-5-7-19(12)13/h11H,3-10H2,1-2H3,(H,20,21). The third-order valence-electron chi connectivity index (χ3n) is 4.47. The number of carboxylic acid groups (broad SMARTS) is 1. The molecular formula is C15H24N4O3. The third kappa shape index (κ3) is 3.15. The molecule has 7 nitrogen and oxygen atoms in total. The second-order valence-electron chi connectivity index (χ2n) is 6.82. The number of aliphatic carboxylic acids is 1. The molecule has 1 saturated heterocycles. The van der Waals surface area contributed by atoms with Crippen molar-refractivity contribution in [1.82, 2.24) is 19.7 Å². The number of fused-ring (bicyclic) bond motifs is 1. The number of hydrogen-bond donors (Lipinski definition) is 1. The van der Waals surface area contributed by atoms with Crippen LogP contribution in [0.3, 0.4) is 0 Å². The Hall–Kier alpha value is -1.47. The smallest absolute Gasteiger partial charge is 0.323 e. The van der Waals surface area contributed by atoms with Gasteiger partial charge in [-0.25, -0.2) is 0 Å². The molecule has 1 fully saturated rings. The number of aryl methyl sites for hydroxylation is 1. The molecule has 0 aliphatic carbocycles. The average molecular weight is 308 g/mol. The lowest BCUT2D eigenvalue weighted by molar-refractivity contribution is -0.163. The topological polar surface area (TPSA) is 80.5 Å². The van der Waals surface area contributed by atoms with E-state index < -0.39 is 12.0 Å². The summed E-state index contributed by atoms with van der Waals surface area (Å²) in [6.45, 7) is 6.21. The summed E-state index contributed by atoms with van der Waals surface area (Å²) in [5.74, 6) is 1.07. The molecule has 1 unspecified atom stereocenters. The molecule has 3 heterocycles. The van der Waals surface area contributed by atoms with Crippen LogP contribution < -0.4 is 0 Å². The molecule has 1 aromatic rings.